The van der Waals surface area contributed by atoms with Crippen molar-refractivity contribution in [2.75, 3.05) is 46.2 Å². The molecule has 0 aromatic carbocycles. The summed E-state index contributed by atoms with van der Waals surface area (Å²) >= 11 is 5.01. The van der Waals surface area contributed by atoms with Gasteiger partial charge in [0.25, 0.3) is 0 Å². The molecule has 1 aliphatic rings. The lowest BCUT2D eigenvalue weighted by Gasteiger charge is -2.21. The minimum absolute atomic E-state index is 0.0995. The second kappa shape index (κ2) is 11.6. The Morgan fingerprint density at radius 3 is 2.52 bits per heavy atom. The highest BCUT2D eigenvalue weighted by Crippen LogP contribution is 2.02. The quantitative estimate of drug-likeness (QED) is 0.227. The monoisotopic (exact) mass is 347 g/mol. The molecule has 1 fully saturated rings. The van der Waals surface area contributed by atoms with Crippen molar-refractivity contribution in [3.8, 4) is 0 Å². The average molecular weight is 347 g/mol. The number of rotatable bonds is 8. The standard InChI is InChI=1S/C13H21N3O6S/c1-2-11(17)14-3-4-15-12(23)16-5-6-21-13(18)22-10-7-19-9-20-8-10/h2,10H,1,3-9H2,(H,14,17)(H2,15,16,23). The summed E-state index contributed by atoms with van der Waals surface area (Å²) < 4.78 is 19.8. The first kappa shape index (κ1) is 19.1. The second-order valence-corrected chi connectivity index (χ2v) is 4.78. The van der Waals surface area contributed by atoms with Gasteiger partial charge in [0.15, 0.2) is 11.2 Å². The lowest BCUT2D eigenvalue weighted by atomic mass is 10.4. The van der Waals surface area contributed by atoms with Crippen LogP contribution in [0.1, 0.15) is 0 Å². The molecule has 0 unspecified atom stereocenters. The predicted octanol–water partition coefficient (Wildman–Crippen LogP) is -0.721. The number of carbonyl (C=O) groups is 2. The molecule has 0 aromatic heterocycles. The van der Waals surface area contributed by atoms with E-state index in [1.54, 1.807) is 0 Å². The topological polar surface area (TPSA) is 107 Å². The molecule has 0 atom stereocenters. The smallest absolute Gasteiger partial charge is 0.432 e. The van der Waals surface area contributed by atoms with Gasteiger partial charge in [0.1, 0.15) is 13.4 Å². The molecular weight excluding hydrogens is 326 g/mol. The van der Waals surface area contributed by atoms with Crippen molar-refractivity contribution in [2.24, 2.45) is 0 Å². The molecule has 130 valence electrons. The number of hydrogen-bond acceptors (Lipinski definition) is 7. The predicted molar refractivity (Wildman–Crippen MR) is 84.8 cm³/mol. The van der Waals surface area contributed by atoms with Crippen LogP contribution in [-0.2, 0) is 23.7 Å². The van der Waals surface area contributed by atoms with Crippen molar-refractivity contribution < 1.29 is 28.5 Å². The lowest BCUT2D eigenvalue weighted by molar-refractivity contribution is -0.157. The Morgan fingerprint density at radius 2 is 1.83 bits per heavy atom. The molecule has 1 aliphatic heterocycles. The SMILES string of the molecule is C=CC(=O)NCCNC(=S)NCCOC(=O)OC1COCOC1. The van der Waals surface area contributed by atoms with Gasteiger partial charge in [0, 0.05) is 13.1 Å². The zero-order valence-electron chi connectivity index (χ0n) is 12.7. The van der Waals surface area contributed by atoms with Crippen LogP contribution < -0.4 is 16.0 Å². The fourth-order valence-electron chi connectivity index (χ4n) is 1.50. The van der Waals surface area contributed by atoms with E-state index in [-0.39, 0.29) is 19.3 Å². The van der Waals surface area contributed by atoms with Gasteiger partial charge in [-0.05, 0) is 18.3 Å². The highest BCUT2D eigenvalue weighted by molar-refractivity contribution is 7.80. The first-order chi connectivity index (χ1) is 11.1. The van der Waals surface area contributed by atoms with Crippen molar-refractivity contribution in [3.05, 3.63) is 12.7 Å². The van der Waals surface area contributed by atoms with Crippen molar-refractivity contribution >= 4 is 29.4 Å². The molecule has 1 saturated heterocycles. The third-order valence-corrected chi connectivity index (χ3v) is 2.83. The fraction of sp³-hybridized carbons (Fsp3) is 0.615. The van der Waals surface area contributed by atoms with Crippen molar-refractivity contribution in [3.63, 3.8) is 0 Å². The van der Waals surface area contributed by atoms with Crippen LogP contribution in [0.3, 0.4) is 0 Å². The fourth-order valence-corrected chi connectivity index (χ4v) is 1.70. The molecule has 3 N–H and O–H groups in total. The number of amides is 1. The molecule has 0 spiro atoms. The zero-order valence-corrected chi connectivity index (χ0v) is 13.5. The highest BCUT2D eigenvalue weighted by Gasteiger charge is 2.19. The Bertz CT molecular complexity index is 415. The maximum Gasteiger partial charge on any atom is 0.508 e. The summed E-state index contributed by atoms with van der Waals surface area (Å²) in [6.07, 6.45) is -0.0342. The summed E-state index contributed by atoms with van der Waals surface area (Å²) in [5, 5.41) is 8.72. The Morgan fingerprint density at radius 1 is 1.17 bits per heavy atom. The third kappa shape index (κ3) is 9.66. The van der Waals surface area contributed by atoms with Gasteiger partial charge in [-0.3, -0.25) is 4.79 Å². The van der Waals surface area contributed by atoms with Crippen LogP contribution >= 0.6 is 12.2 Å². The van der Waals surface area contributed by atoms with Crippen LogP contribution in [0.25, 0.3) is 0 Å². The number of ether oxygens (including phenoxy) is 4. The van der Waals surface area contributed by atoms with E-state index in [9.17, 15) is 9.59 Å². The number of thiocarbonyl (C=S) groups is 1. The van der Waals surface area contributed by atoms with E-state index >= 15 is 0 Å². The number of hydrogen-bond donors (Lipinski definition) is 3. The third-order valence-electron chi connectivity index (χ3n) is 2.54. The van der Waals surface area contributed by atoms with E-state index < -0.39 is 12.3 Å². The maximum atomic E-state index is 11.4. The number of carbonyl (C=O) groups excluding carboxylic acids is 2. The van der Waals surface area contributed by atoms with Gasteiger partial charge in [0.2, 0.25) is 5.91 Å². The van der Waals surface area contributed by atoms with E-state index in [0.29, 0.717) is 38.0 Å². The molecule has 0 bridgehead atoms. The Hall–Kier alpha value is -1.91. The Balaban J connectivity index is 1.96. The Labute approximate surface area is 139 Å². The Kier molecular flexibility index (Phi) is 9.68. The molecule has 0 radical (unpaired) electrons. The van der Waals surface area contributed by atoms with Crippen LogP contribution in [0.5, 0.6) is 0 Å². The minimum Gasteiger partial charge on any atom is -0.432 e. The van der Waals surface area contributed by atoms with E-state index in [2.05, 4.69) is 22.5 Å². The maximum absolute atomic E-state index is 11.4. The summed E-state index contributed by atoms with van der Waals surface area (Å²) in [6, 6.07) is 0. The second-order valence-electron chi connectivity index (χ2n) is 4.38. The summed E-state index contributed by atoms with van der Waals surface area (Å²) in [5.41, 5.74) is 0. The molecule has 9 nitrogen and oxygen atoms in total. The molecule has 10 heteroatoms. The first-order valence-corrected chi connectivity index (χ1v) is 7.43. The van der Waals surface area contributed by atoms with Crippen LogP contribution in [0, 0.1) is 0 Å². The molecular formula is C13H21N3O6S. The molecule has 0 saturated carbocycles. The van der Waals surface area contributed by atoms with Crippen LogP contribution in [0.2, 0.25) is 0 Å². The van der Waals surface area contributed by atoms with Gasteiger partial charge in [-0.15, -0.1) is 0 Å². The molecule has 1 rings (SSSR count). The molecule has 1 amide bonds. The zero-order chi connectivity index (χ0) is 16.9. The average Bonchev–Trinajstić information content (AvgIpc) is 2.56. The van der Waals surface area contributed by atoms with Gasteiger partial charge >= 0.3 is 6.16 Å². The van der Waals surface area contributed by atoms with Crippen molar-refractivity contribution in [2.45, 2.75) is 6.10 Å². The summed E-state index contributed by atoms with van der Waals surface area (Å²) in [5.74, 6) is -0.244. The summed E-state index contributed by atoms with van der Waals surface area (Å²) in [4.78, 5) is 22.3. The largest absolute Gasteiger partial charge is 0.508 e. The van der Waals surface area contributed by atoms with Gasteiger partial charge in [-0.2, -0.15) is 0 Å². The first-order valence-electron chi connectivity index (χ1n) is 7.02. The van der Waals surface area contributed by atoms with E-state index in [4.69, 9.17) is 31.2 Å². The minimum atomic E-state index is -0.781. The summed E-state index contributed by atoms with van der Waals surface area (Å²) in [6.45, 7) is 5.46. The van der Waals surface area contributed by atoms with Crippen molar-refractivity contribution in [1.29, 1.82) is 0 Å². The van der Waals surface area contributed by atoms with Gasteiger partial charge in [-0.1, -0.05) is 6.58 Å². The molecule has 0 aliphatic carbocycles. The van der Waals surface area contributed by atoms with Crippen molar-refractivity contribution in [1.82, 2.24) is 16.0 Å². The van der Waals surface area contributed by atoms with Gasteiger partial charge < -0.3 is 34.9 Å². The van der Waals surface area contributed by atoms with Gasteiger partial charge in [-0.25, -0.2) is 4.79 Å². The lowest BCUT2D eigenvalue weighted by Crippen LogP contribution is -2.41. The van der Waals surface area contributed by atoms with E-state index in [1.165, 1.54) is 6.08 Å². The molecule has 0 aromatic rings. The highest BCUT2D eigenvalue weighted by atomic mass is 32.1. The van der Waals surface area contributed by atoms with Gasteiger partial charge in [0.05, 0.1) is 19.8 Å². The van der Waals surface area contributed by atoms with Crippen LogP contribution in [0.4, 0.5) is 4.79 Å². The summed E-state index contributed by atoms with van der Waals surface area (Å²) in [7, 11) is 0. The molecule has 23 heavy (non-hydrogen) atoms. The van der Waals surface area contributed by atoms with E-state index in [1.807, 2.05) is 0 Å². The van der Waals surface area contributed by atoms with E-state index in [0.717, 1.165) is 0 Å². The van der Waals surface area contributed by atoms with Crippen LogP contribution in [-0.4, -0.2) is 69.5 Å². The number of nitrogens with one attached hydrogen (secondary N) is 3. The van der Waals surface area contributed by atoms with Crippen LogP contribution in [0.15, 0.2) is 12.7 Å². The molecule has 1 heterocycles. The normalized spacial score (nSPS) is 14.4.